The van der Waals surface area contributed by atoms with Gasteiger partial charge in [0.15, 0.2) is 0 Å². The van der Waals surface area contributed by atoms with Crippen LogP contribution in [0.25, 0.3) is 0 Å². The van der Waals surface area contributed by atoms with Gasteiger partial charge in [-0.05, 0) is 15.9 Å². The van der Waals surface area contributed by atoms with E-state index in [9.17, 15) is 9.18 Å². The topological polar surface area (TPSA) is 56.0 Å². The van der Waals surface area contributed by atoms with Crippen molar-refractivity contribution >= 4 is 21.8 Å². The molecule has 1 aromatic heterocycles. The van der Waals surface area contributed by atoms with Gasteiger partial charge in [-0.2, -0.15) is 0 Å². The smallest absolute Gasteiger partial charge is 0.267 e. The molecule has 1 rings (SSSR count). The number of halogens is 2. The Labute approximate surface area is 70.6 Å². The summed E-state index contributed by atoms with van der Waals surface area (Å²) in [5.41, 5.74) is 4.78. The zero-order chi connectivity index (χ0) is 8.43. The summed E-state index contributed by atoms with van der Waals surface area (Å²) >= 11 is 2.92. The van der Waals surface area contributed by atoms with Gasteiger partial charge in [-0.1, -0.05) is 0 Å². The molecule has 0 aromatic carbocycles. The number of carbonyl (C=O) groups is 1. The molecule has 0 aliphatic rings. The maximum absolute atomic E-state index is 12.5. The summed E-state index contributed by atoms with van der Waals surface area (Å²) in [4.78, 5) is 14.1. The molecule has 5 heteroatoms. The highest BCUT2D eigenvalue weighted by Gasteiger charge is 2.04. The van der Waals surface area contributed by atoms with Gasteiger partial charge in [-0.25, -0.2) is 9.37 Å². The molecule has 1 heterocycles. The van der Waals surface area contributed by atoms with Gasteiger partial charge in [0, 0.05) is 12.1 Å². The first-order valence-electron chi connectivity index (χ1n) is 2.72. The van der Waals surface area contributed by atoms with Crippen LogP contribution < -0.4 is 5.73 Å². The Bertz CT molecular complexity index is 282. The molecule has 1 amide bonds. The number of hydrogen-bond donors (Lipinski definition) is 1. The third kappa shape index (κ3) is 1.98. The largest absolute Gasteiger partial charge is 0.364 e. The predicted molar refractivity (Wildman–Crippen MR) is 40.4 cm³/mol. The highest BCUT2D eigenvalue weighted by molar-refractivity contribution is 9.10. The lowest BCUT2D eigenvalue weighted by molar-refractivity contribution is 0.0995. The molecule has 0 saturated heterocycles. The molecule has 11 heavy (non-hydrogen) atoms. The van der Waals surface area contributed by atoms with E-state index in [1.165, 1.54) is 0 Å². The zero-order valence-electron chi connectivity index (χ0n) is 5.34. The molecule has 0 unspecified atom stereocenters. The number of nitrogens with two attached hydrogens (primary N) is 1. The average Bonchev–Trinajstić information content (AvgIpc) is 1.85. The highest BCUT2D eigenvalue weighted by Crippen LogP contribution is 2.09. The number of primary amides is 1. The van der Waals surface area contributed by atoms with Crippen molar-refractivity contribution in [2.75, 3.05) is 0 Å². The van der Waals surface area contributed by atoms with Crippen molar-refractivity contribution in [2.24, 2.45) is 5.73 Å². The second-order valence-electron chi connectivity index (χ2n) is 1.86. The van der Waals surface area contributed by atoms with Crippen molar-refractivity contribution < 1.29 is 9.18 Å². The molecule has 0 fully saturated rings. The van der Waals surface area contributed by atoms with Crippen LogP contribution >= 0.6 is 15.9 Å². The summed E-state index contributed by atoms with van der Waals surface area (Å²) in [5, 5.41) is 0. The molecule has 2 N–H and O–H groups in total. The number of aromatic nitrogens is 1. The average molecular weight is 219 g/mol. The summed E-state index contributed by atoms with van der Waals surface area (Å²) in [5.74, 6) is -1.29. The van der Waals surface area contributed by atoms with Crippen molar-refractivity contribution in [2.45, 2.75) is 0 Å². The molecular formula is C6H4BrFN2O. The van der Waals surface area contributed by atoms with Crippen LogP contribution in [0, 0.1) is 5.82 Å². The molecule has 0 aliphatic heterocycles. The summed E-state index contributed by atoms with van der Waals surface area (Å²) < 4.78 is 12.8. The number of pyridine rings is 1. The Kier molecular flexibility index (Phi) is 2.19. The monoisotopic (exact) mass is 218 g/mol. The van der Waals surface area contributed by atoms with Crippen molar-refractivity contribution in [1.82, 2.24) is 4.98 Å². The molecule has 0 atom stereocenters. The van der Waals surface area contributed by atoms with Gasteiger partial charge in [0.2, 0.25) is 0 Å². The van der Waals surface area contributed by atoms with E-state index in [1.54, 1.807) is 0 Å². The van der Waals surface area contributed by atoms with Crippen molar-refractivity contribution in [3.63, 3.8) is 0 Å². The maximum atomic E-state index is 12.5. The second kappa shape index (κ2) is 2.96. The van der Waals surface area contributed by atoms with Crippen molar-refractivity contribution in [1.29, 1.82) is 0 Å². The zero-order valence-corrected chi connectivity index (χ0v) is 6.93. The molecule has 0 radical (unpaired) electrons. The van der Waals surface area contributed by atoms with E-state index < -0.39 is 11.7 Å². The van der Waals surface area contributed by atoms with Gasteiger partial charge >= 0.3 is 0 Å². The molecule has 1 aromatic rings. The maximum Gasteiger partial charge on any atom is 0.267 e. The van der Waals surface area contributed by atoms with Gasteiger partial charge in [0.05, 0.1) is 0 Å². The number of rotatable bonds is 1. The lowest BCUT2D eigenvalue weighted by Gasteiger charge is -1.95. The first kappa shape index (κ1) is 8.13. The van der Waals surface area contributed by atoms with E-state index >= 15 is 0 Å². The molecular weight excluding hydrogens is 215 g/mol. The molecule has 3 nitrogen and oxygen atoms in total. The third-order valence-corrected chi connectivity index (χ3v) is 1.42. The Morgan fingerprint density at radius 1 is 1.64 bits per heavy atom. The number of hydrogen-bond acceptors (Lipinski definition) is 2. The quantitative estimate of drug-likeness (QED) is 0.718. The summed E-state index contributed by atoms with van der Waals surface area (Å²) in [6, 6.07) is 2.12. The van der Waals surface area contributed by atoms with E-state index in [2.05, 4.69) is 20.9 Å². The Morgan fingerprint density at radius 3 is 2.73 bits per heavy atom. The standard InChI is InChI=1S/C6H4BrFN2O/c7-5-2-3(8)1-4(10-5)6(9)11/h1-2H,(H2,9,11). The van der Waals surface area contributed by atoms with Gasteiger partial charge in [-0.3, -0.25) is 4.79 Å². The Hall–Kier alpha value is -0.970. The van der Waals surface area contributed by atoms with Crippen LogP contribution in [0.15, 0.2) is 16.7 Å². The van der Waals surface area contributed by atoms with Crippen LogP contribution in [-0.2, 0) is 0 Å². The fourth-order valence-corrected chi connectivity index (χ4v) is 1.00. The predicted octanol–water partition coefficient (Wildman–Crippen LogP) is 1.08. The van der Waals surface area contributed by atoms with E-state index in [4.69, 9.17) is 5.73 Å². The molecule has 0 spiro atoms. The normalized spacial score (nSPS) is 9.64. The lowest BCUT2D eigenvalue weighted by Crippen LogP contribution is -2.13. The van der Waals surface area contributed by atoms with Crippen LogP contribution in [0.2, 0.25) is 0 Å². The van der Waals surface area contributed by atoms with Gasteiger partial charge in [0.25, 0.3) is 5.91 Å². The minimum Gasteiger partial charge on any atom is -0.364 e. The number of amides is 1. The fourth-order valence-electron chi connectivity index (χ4n) is 0.592. The summed E-state index contributed by atoms with van der Waals surface area (Å²) in [6.45, 7) is 0. The Balaban J connectivity index is 3.19. The number of carbonyl (C=O) groups excluding carboxylic acids is 1. The van der Waals surface area contributed by atoms with Crippen molar-refractivity contribution in [3.05, 3.63) is 28.2 Å². The number of nitrogens with zero attached hydrogens (tertiary/aromatic N) is 1. The molecule has 0 aliphatic carbocycles. The van der Waals surface area contributed by atoms with Gasteiger partial charge < -0.3 is 5.73 Å². The van der Waals surface area contributed by atoms with Gasteiger partial charge in [-0.15, -0.1) is 0 Å². The van der Waals surface area contributed by atoms with E-state index in [0.29, 0.717) is 0 Å². The Morgan fingerprint density at radius 2 is 2.27 bits per heavy atom. The van der Waals surface area contributed by atoms with Crippen LogP contribution in [0.4, 0.5) is 4.39 Å². The first-order chi connectivity index (χ1) is 5.09. The van der Waals surface area contributed by atoms with E-state index in [0.717, 1.165) is 12.1 Å². The van der Waals surface area contributed by atoms with Crippen LogP contribution in [0.5, 0.6) is 0 Å². The fraction of sp³-hybridized carbons (Fsp3) is 0. The molecule has 58 valence electrons. The van der Waals surface area contributed by atoms with Crippen LogP contribution in [0.3, 0.4) is 0 Å². The SMILES string of the molecule is NC(=O)c1cc(F)cc(Br)n1. The van der Waals surface area contributed by atoms with Crippen molar-refractivity contribution in [3.8, 4) is 0 Å². The molecule has 0 bridgehead atoms. The highest BCUT2D eigenvalue weighted by atomic mass is 79.9. The van der Waals surface area contributed by atoms with Crippen LogP contribution in [-0.4, -0.2) is 10.9 Å². The summed E-state index contributed by atoms with van der Waals surface area (Å²) in [6.07, 6.45) is 0. The minimum atomic E-state index is -0.745. The summed E-state index contributed by atoms with van der Waals surface area (Å²) in [7, 11) is 0. The van der Waals surface area contributed by atoms with E-state index in [1.807, 2.05) is 0 Å². The molecule has 0 saturated carbocycles. The third-order valence-electron chi connectivity index (χ3n) is 1.01. The second-order valence-corrected chi connectivity index (χ2v) is 2.67. The van der Waals surface area contributed by atoms with Gasteiger partial charge in [0.1, 0.15) is 16.1 Å². The lowest BCUT2D eigenvalue weighted by atomic mass is 10.3. The van der Waals surface area contributed by atoms with Crippen LogP contribution in [0.1, 0.15) is 10.5 Å². The minimum absolute atomic E-state index is 0.0862. The van der Waals surface area contributed by atoms with E-state index in [-0.39, 0.29) is 10.3 Å². The first-order valence-corrected chi connectivity index (χ1v) is 3.52.